The van der Waals surface area contributed by atoms with E-state index in [1.54, 1.807) is 13.2 Å². The Morgan fingerprint density at radius 3 is 1.11 bits per heavy atom. The number of carbonyl (C=O) groups excluding carboxylic acids is 2. The molecule has 16 heteroatoms. The zero-order chi connectivity index (χ0) is 26.1. The van der Waals surface area contributed by atoms with Gasteiger partial charge in [0.25, 0.3) is 11.9 Å². The van der Waals surface area contributed by atoms with Crippen LogP contribution in [0.5, 0.6) is 0 Å². The zero-order valence-electron chi connectivity index (χ0n) is 21.8. The molecule has 36 heavy (non-hydrogen) atoms. The van der Waals surface area contributed by atoms with E-state index in [4.69, 9.17) is 38.5 Å². The molecule has 0 aromatic heterocycles. The Kier molecular flexibility index (Phi) is 63.3. The second kappa shape index (κ2) is 40.2. The Morgan fingerprint density at radius 2 is 0.944 bits per heavy atom. The van der Waals surface area contributed by atoms with Crippen LogP contribution in [0.4, 0.5) is 0 Å². The van der Waals surface area contributed by atoms with Gasteiger partial charge in [-0.25, -0.2) is 18.7 Å². The fourth-order valence-electron chi connectivity index (χ4n) is 1.33. The molecule has 0 aliphatic rings. The summed E-state index contributed by atoms with van der Waals surface area (Å²) in [5.41, 5.74) is 0. The number of hydrogen-bond donors (Lipinski definition) is 6. The van der Waals surface area contributed by atoms with Crippen LogP contribution in [-0.2, 0) is 28.2 Å². The normalized spacial score (nSPS) is 8.89. The van der Waals surface area contributed by atoms with E-state index in [0.717, 1.165) is 37.8 Å². The van der Waals surface area contributed by atoms with Gasteiger partial charge in [-0.1, -0.05) is 65.5 Å². The molecule has 0 fully saturated rings. The standard InChI is InChI=1S/2C9H15O2.2CH3.Ca.Mg.2H3O4P/c2*1-3-5-6-7-8-11-9(10)4-2;;;;;2*1-5(2,3)4/h2*4,8H,2-3,5-7H2,1H3;2*1H3;;;2*(H3,1,2,3,4)/q4*-1;2*+2;;. The van der Waals surface area contributed by atoms with Crippen LogP contribution in [0.2, 0.25) is 0 Å². The number of esters is 2. The van der Waals surface area contributed by atoms with Gasteiger partial charge in [0.1, 0.15) is 0 Å². The molecule has 0 rings (SSSR count). The first-order chi connectivity index (χ1) is 14.6. The molecule has 0 bridgehead atoms. The van der Waals surface area contributed by atoms with Gasteiger partial charge < -0.3 is 53.7 Å². The molecular formula is C20H42CaMgO12P2. The van der Waals surface area contributed by atoms with Gasteiger partial charge in [0, 0.05) is 12.2 Å². The average molecular weight is 601 g/mol. The van der Waals surface area contributed by atoms with Crippen LogP contribution in [-0.4, -0.2) is 102 Å². The maximum absolute atomic E-state index is 10.5. The van der Waals surface area contributed by atoms with Crippen LogP contribution < -0.4 is 0 Å². The summed E-state index contributed by atoms with van der Waals surface area (Å²) < 4.78 is 27.1. The molecular weight excluding hydrogens is 559 g/mol. The predicted octanol–water partition coefficient (Wildman–Crippen LogP) is 3.20. The van der Waals surface area contributed by atoms with Crippen molar-refractivity contribution in [1.82, 2.24) is 0 Å². The molecule has 0 atom stereocenters. The fraction of sp³-hybridized carbons (Fsp3) is 0.500. The number of carbonyl (C=O) groups is 2. The van der Waals surface area contributed by atoms with Crippen molar-refractivity contribution in [2.75, 3.05) is 0 Å². The van der Waals surface area contributed by atoms with Crippen molar-refractivity contribution in [3.63, 3.8) is 0 Å². The first-order valence-corrected chi connectivity index (χ1v) is 12.6. The summed E-state index contributed by atoms with van der Waals surface area (Å²) in [6.45, 7) is 13.9. The first-order valence-electron chi connectivity index (χ1n) is 9.48. The van der Waals surface area contributed by atoms with E-state index >= 15 is 0 Å². The van der Waals surface area contributed by atoms with Crippen LogP contribution in [0.15, 0.2) is 25.3 Å². The summed E-state index contributed by atoms with van der Waals surface area (Å²) in [5.74, 6) is -0.747. The van der Waals surface area contributed by atoms with Gasteiger partial charge in [-0.15, -0.1) is 12.8 Å². The van der Waals surface area contributed by atoms with Gasteiger partial charge in [0.05, 0.1) is 0 Å². The van der Waals surface area contributed by atoms with E-state index in [-0.39, 0.29) is 87.6 Å². The van der Waals surface area contributed by atoms with Gasteiger partial charge in [-0.05, 0) is 0 Å². The van der Waals surface area contributed by atoms with Crippen LogP contribution in [0.3, 0.4) is 0 Å². The molecule has 0 unspecified atom stereocenters. The number of unbranched alkanes of at least 4 members (excludes halogenated alkanes) is 6. The third-order valence-corrected chi connectivity index (χ3v) is 2.58. The number of phosphoric acid groups is 2. The molecule has 208 valence electrons. The van der Waals surface area contributed by atoms with Crippen LogP contribution in [0.1, 0.15) is 65.2 Å². The molecule has 0 radical (unpaired) electrons. The van der Waals surface area contributed by atoms with Crippen LogP contribution in [0, 0.1) is 28.1 Å². The Balaban J connectivity index is -0.0000000494. The van der Waals surface area contributed by atoms with E-state index in [1.807, 2.05) is 0 Å². The van der Waals surface area contributed by atoms with Crippen molar-refractivity contribution in [3.8, 4) is 0 Å². The summed E-state index contributed by atoms with van der Waals surface area (Å²) >= 11 is 0. The van der Waals surface area contributed by atoms with Crippen molar-refractivity contribution in [3.05, 3.63) is 53.4 Å². The minimum atomic E-state index is -4.64. The van der Waals surface area contributed by atoms with Crippen molar-refractivity contribution in [2.45, 2.75) is 65.2 Å². The van der Waals surface area contributed by atoms with Gasteiger partial charge in [-0.3, -0.25) is 0 Å². The quantitative estimate of drug-likeness (QED) is 0.0476. The summed E-state index contributed by atoms with van der Waals surface area (Å²) in [6.07, 6.45) is 10.9. The first kappa shape index (κ1) is 56.8. The van der Waals surface area contributed by atoms with E-state index in [1.165, 1.54) is 25.7 Å². The average Bonchev–Trinajstić information content (AvgIpc) is 2.65. The van der Waals surface area contributed by atoms with Gasteiger partial charge >= 0.3 is 76.4 Å². The van der Waals surface area contributed by atoms with Crippen molar-refractivity contribution >= 4 is 88.4 Å². The summed E-state index contributed by atoms with van der Waals surface area (Å²) in [5, 5.41) is 0. The molecule has 0 aromatic carbocycles. The molecule has 0 saturated heterocycles. The maximum Gasteiger partial charge on any atom is 2.00 e. The van der Waals surface area contributed by atoms with Gasteiger partial charge in [0.2, 0.25) is 0 Å². The molecule has 0 aliphatic heterocycles. The Bertz CT molecular complexity index is 517. The Morgan fingerprint density at radius 1 is 0.722 bits per heavy atom. The topological polar surface area (TPSA) is 208 Å². The molecule has 0 saturated carbocycles. The van der Waals surface area contributed by atoms with Crippen LogP contribution >= 0.6 is 15.6 Å². The van der Waals surface area contributed by atoms with E-state index < -0.39 is 15.6 Å². The number of hydrogen-bond acceptors (Lipinski definition) is 6. The molecule has 0 aromatic rings. The minimum Gasteiger partial charge on any atom is -0.634 e. The molecule has 0 amide bonds. The Labute approximate surface area is 262 Å². The van der Waals surface area contributed by atoms with Gasteiger partial charge in [-0.2, -0.15) is 13.2 Å². The summed E-state index contributed by atoms with van der Waals surface area (Å²) in [4.78, 5) is 64.1. The second-order valence-electron chi connectivity index (χ2n) is 5.63. The fourth-order valence-corrected chi connectivity index (χ4v) is 1.33. The number of ether oxygens (including phenoxy) is 2. The molecule has 0 heterocycles. The SMILES string of the molecule is C=CC(=O)O[CH-]CCCCC.C=CC(=O)O[CH-]CCCCC.O=P(O)(O)O.O=P(O)(O)O.[CH3-].[CH3-].[Ca+2].[Mg+2]. The van der Waals surface area contributed by atoms with E-state index in [2.05, 4.69) is 36.5 Å². The monoisotopic (exact) mass is 600 g/mol. The van der Waals surface area contributed by atoms with Crippen LogP contribution in [0.25, 0.3) is 0 Å². The smallest absolute Gasteiger partial charge is 0.634 e. The minimum absolute atomic E-state index is 0. The van der Waals surface area contributed by atoms with Crippen molar-refractivity contribution in [1.29, 1.82) is 0 Å². The molecule has 6 N–H and O–H groups in total. The van der Waals surface area contributed by atoms with E-state index in [9.17, 15) is 9.59 Å². The zero-order valence-corrected chi connectivity index (χ0v) is 27.2. The van der Waals surface area contributed by atoms with Crippen molar-refractivity contribution < 1.29 is 57.6 Å². The molecule has 0 spiro atoms. The third-order valence-electron chi connectivity index (χ3n) is 2.58. The molecule has 0 aliphatic carbocycles. The van der Waals surface area contributed by atoms with Gasteiger partial charge in [0.15, 0.2) is 0 Å². The predicted molar refractivity (Wildman–Crippen MR) is 142 cm³/mol. The largest absolute Gasteiger partial charge is 2.00 e. The second-order valence-corrected chi connectivity index (χ2v) is 7.69. The number of rotatable bonds is 12. The summed E-state index contributed by atoms with van der Waals surface area (Å²) in [6, 6.07) is 0. The third kappa shape index (κ3) is 113. The van der Waals surface area contributed by atoms with Crippen molar-refractivity contribution in [2.24, 2.45) is 0 Å². The maximum atomic E-state index is 10.5. The molecule has 12 nitrogen and oxygen atoms in total. The van der Waals surface area contributed by atoms with E-state index in [0.29, 0.717) is 0 Å². The Hall–Kier alpha value is 0.666. The summed E-state index contributed by atoms with van der Waals surface area (Å²) in [7, 11) is -9.28.